The summed E-state index contributed by atoms with van der Waals surface area (Å²) in [6.45, 7) is 3.23. The van der Waals surface area contributed by atoms with Crippen LogP contribution < -0.4 is 10.2 Å². The molecule has 1 aromatic carbocycles. The largest absolute Gasteiger partial charge is 0.508 e. The third-order valence-electron chi connectivity index (χ3n) is 5.81. The SMILES string of the molecule is Cn1nc(-c2cc(O)cc(CC[C@@H]3CCCCN3)c2)nc1N1CCCCC1. The van der Waals surface area contributed by atoms with Crippen LogP contribution in [0.5, 0.6) is 5.75 Å². The minimum atomic E-state index is 0.297. The van der Waals surface area contributed by atoms with E-state index >= 15 is 0 Å². The van der Waals surface area contributed by atoms with Crippen LogP contribution in [0.4, 0.5) is 5.95 Å². The molecule has 2 aliphatic heterocycles. The number of phenols is 1. The second kappa shape index (κ2) is 8.30. The predicted octanol–water partition coefficient (Wildman–Crippen LogP) is 3.25. The van der Waals surface area contributed by atoms with Crippen LogP contribution in [0.1, 0.15) is 50.5 Å². The number of hydrogen-bond acceptors (Lipinski definition) is 5. The van der Waals surface area contributed by atoms with Crippen molar-refractivity contribution in [2.45, 2.75) is 57.4 Å². The van der Waals surface area contributed by atoms with Crippen molar-refractivity contribution in [1.82, 2.24) is 20.1 Å². The summed E-state index contributed by atoms with van der Waals surface area (Å²) in [4.78, 5) is 7.11. The van der Waals surface area contributed by atoms with E-state index in [0.717, 1.165) is 49.6 Å². The van der Waals surface area contributed by atoms with Crippen molar-refractivity contribution in [3.05, 3.63) is 23.8 Å². The van der Waals surface area contributed by atoms with E-state index in [1.807, 2.05) is 17.8 Å². The number of benzene rings is 1. The third kappa shape index (κ3) is 4.43. The molecule has 6 nitrogen and oxygen atoms in total. The molecule has 2 saturated heterocycles. The zero-order chi connectivity index (χ0) is 18.6. The van der Waals surface area contributed by atoms with Crippen LogP contribution in [0.3, 0.4) is 0 Å². The van der Waals surface area contributed by atoms with E-state index in [2.05, 4.69) is 21.4 Å². The van der Waals surface area contributed by atoms with E-state index in [0.29, 0.717) is 17.6 Å². The highest BCUT2D eigenvalue weighted by Gasteiger charge is 2.19. The molecule has 2 fully saturated rings. The zero-order valence-electron chi connectivity index (χ0n) is 16.3. The summed E-state index contributed by atoms with van der Waals surface area (Å²) in [7, 11) is 1.96. The summed E-state index contributed by atoms with van der Waals surface area (Å²) in [5.41, 5.74) is 2.06. The Balaban J connectivity index is 1.50. The number of aryl methyl sites for hydroxylation is 2. The van der Waals surface area contributed by atoms with Gasteiger partial charge in [0.05, 0.1) is 0 Å². The molecule has 0 saturated carbocycles. The second-order valence-corrected chi connectivity index (χ2v) is 7.98. The topological polar surface area (TPSA) is 66.2 Å². The number of phenolic OH excluding ortho intramolecular Hbond substituents is 1. The Morgan fingerprint density at radius 2 is 1.96 bits per heavy atom. The number of rotatable bonds is 5. The highest BCUT2D eigenvalue weighted by molar-refractivity contribution is 5.60. The molecule has 0 radical (unpaired) electrons. The number of aromatic hydroxyl groups is 1. The monoisotopic (exact) mass is 369 g/mol. The standard InChI is InChI=1S/C21H31N5O/c1-25-21(26-11-5-2-6-12-26)23-20(24-25)17-13-16(14-19(27)15-17)8-9-18-7-3-4-10-22-18/h13-15,18,22,27H,2-12H2,1H3/t18-/m0/s1. The van der Waals surface area contributed by atoms with Crippen LogP contribution in [-0.2, 0) is 13.5 Å². The molecule has 2 aromatic rings. The average Bonchev–Trinajstić information content (AvgIpc) is 3.09. The van der Waals surface area contributed by atoms with E-state index in [4.69, 9.17) is 4.98 Å². The van der Waals surface area contributed by atoms with Crippen molar-refractivity contribution in [2.75, 3.05) is 24.5 Å². The van der Waals surface area contributed by atoms with Gasteiger partial charge < -0.3 is 15.3 Å². The Kier molecular flexibility index (Phi) is 5.62. The average molecular weight is 370 g/mol. The van der Waals surface area contributed by atoms with Crippen molar-refractivity contribution in [3.63, 3.8) is 0 Å². The van der Waals surface area contributed by atoms with Gasteiger partial charge in [0.15, 0.2) is 5.82 Å². The van der Waals surface area contributed by atoms with E-state index in [9.17, 15) is 5.11 Å². The van der Waals surface area contributed by atoms with Crippen molar-refractivity contribution in [1.29, 1.82) is 0 Å². The molecular formula is C21H31N5O. The van der Waals surface area contributed by atoms with E-state index in [1.165, 1.54) is 38.5 Å². The van der Waals surface area contributed by atoms with Crippen LogP contribution in [-0.4, -0.2) is 45.5 Å². The first-order valence-corrected chi connectivity index (χ1v) is 10.4. The first-order chi connectivity index (χ1) is 13.2. The molecule has 146 valence electrons. The van der Waals surface area contributed by atoms with E-state index < -0.39 is 0 Å². The highest BCUT2D eigenvalue weighted by Crippen LogP contribution is 2.27. The van der Waals surface area contributed by atoms with Gasteiger partial charge in [0.2, 0.25) is 5.95 Å². The first kappa shape index (κ1) is 18.3. The lowest BCUT2D eigenvalue weighted by atomic mass is 9.97. The maximum atomic E-state index is 10.2. The molecule has 2 aliphatic rings. The van der Waals surface area contributed by atoms with Crippen molar-refractivity contribution in [2.24, 2.45) is 7.05 Å². The van der Waals surface area contributed by atoms with E-state index in [1.54, 1.807) is 6.07 Å². The summed E-state index contributed by atoms with van der Waals surface area (Å²) in [5, 5.41) is 18.5. The van der Waals surface area contributed by atoms with Gasteiger partial charge in [-0.15, -0.1) is 5.10 Å². The summed E-state index contributed by atoms with van der Waals surface area (Å²) >= 11 is 0. The van der Waals surface area contributed by atoms with Gasteiger partial charge in [0, 0.05) is 31.7 Å². The highest BCUT2D eigenvalue weighted by atomic mass is 16.3. The number of anilines is 1. The Bertz CT molecular complexity index is 760. The summed E-state index contributed by atoms with van der Waals surface area (Å²) in [6, 6.07) is 6.39. The molecule has 0 amide bonds. The lowest BCUT2D eigenvalue weighted by Crippen LogP contribution is -2.34. The Labute approximate surface area is 161 Å². The lowest BCUT2D eigenvalue weighted by molar-refractivity contribution is 0.382. The van der Waals surface area contributed by atoms with Gasteiger partial charge in [0.1, 0.15) is 5.75 Å². The zero-order valence-corrected chi connectivity index (χ0v) is 16.3. The Morgan fingerprint density at radius 1 is 1.11 bits per heavy atom. The van der Waals surface area contributed by atoms with Crippen LogP contribution in [0.2, 0.25) is 0 Å². The number of hydrogen-bond donors (Lipinski definition) is 2. The molecule has 27 heavy (non-hydrogen) atoms. The molecule has 1 aromatic heterocycles. The Morgan fingerprint density at radius 3 is 2.74 bits per heavy atom. The summed E-state index contributed by atoms with van der Waals surface area (Å²) in [6.07, 6.45) is 9.67. The van der Waals surface area contributed by atoms with Crippen LogP contribution in [0.15, 0.2) is 18.2 Å². The molecule has 1 atom stereocenters. The minimum absolute atomic E-state index is 0.297. The van der Waals surface area contributed by atoms with Gasteiger partial charge in [-0.1, -0.05) is 6.42 Å². The number of nitrogens with one attached hydrogen (secondary N) is 1. The molecule has 0 aliphatic carbocycles. The fourth-order valence-electron chi connectivity index (χ4n) is 4.33. The molecule has 4 rings (SSSR count). The maximum Gasteiger partial charge on any atom is 0.224 e. The van der Waals surface area contributed by atoms with Crippen LogP contribution in [0.25, 0.3) is 11.4 Å². The molecular weight excluding hydrogens is 338 g/mol. The van der Waals surface area contributed by atoms with Gasteiger partial charge in [-0.05, 0) is 75.3 Å². The summed E-state index contributed by atoms with van der Waals surface area (Å²) < 4.78 is 1.87. The molecule has 0 bridgehead atoms. The van der Waals surface area contributed by atoms with Crippen LogP contribution in [0, 0.1) is 0 Å². The number of piperidine rings is 2. The molecule has 2 N–H and O–H groups in total. The van der Waals surface area contributed by atoms with Gasteiger partial charge in [-0.25, -0.2) is 4.68 Å². The second-order valence-electron chi connectivity index (χ2n) is 7.98. The van der Waals surface area contributed by atoms with Gasteiger partial charge in [-0.3, -0.25) is 0 Å². The fourth-order valence-corrected chi connectivity index (χ4v) is 4.33. The van der Waals surface area contributed by atoms with Crippen molar-refractivity contribution >= 4 is 5.95 Å². The first-order valence-electron chi connectivity index (χ1n) is 10.4. The number of aromatic nitrogens is 3. The van der Waals surface area contributed by atoms with Gasteiger partial charge >= 0.3 is 0 Å². The van der Waals surface area contributed by atoms with Gasteiger partial charge in [0.25, 0.3) is 0 Å². The lowest BCUT2D eigenvalue weighted by Gasteiger charge is -2.26. The molecule has 0 unspecified atom stereocenters. The van der Waals surface area contributed by atoms with E-state index in [-0.39, 0.29) is 0 Å². The number of nitrogens with zero attached hydrogens (tertiary/aromatic N) is 4. The fraction of sp³-hybridized carbons (Fsp3) is 0.619. The molecule has 6 heteroatoms. The van der Waals surface area contributed by atoms with Crippen molar-refractivity contribution < 1.29 is 5.11 Å². The minimum Gasteiger partial charge on any atom is -0.508 e. The predicted molar refractivity (Wildman–Crippen MR) is 108 cm³/mol. The molecule has 0 spiro atoms. The maximum absolute atomic E-state index is 10.2. The summed E-state index contributed by atoms with van der Waals surface area (Å²) in [5.74, 6) is 1.93. The van der Waals surface area contributed by atoms with Crippen LogP contribution >= 0.6 is 0 Å². The smallest absolute Gasteiger partial charge is 0.224 e. The van der Waals surface area contributed by atoms with Crippen molar-refractivity contribution in [3.8, 4) is 17.1 Å². The van der Waals surface area contributed by atoms with Gasteiger partial charge in [-0.2, -0.15) is 4.98 Å². The Hall–Kier alpha value is -2.08. The third-order valence-corrected chi connectivity index (χ3v) is 5.81. The quantitative estimate of drug-likeness (QED) is 0.847. The molecule has 3 heterocycles. The normalized spacial score (nSPS) is 20.8.